The fraction of sp³-hybridized carbons (Fsp3) is 0.444. The van der Waals surface area contributed by atoms with Gasteiger partial charge in [0.2, 0.25) is 0 Å². The maximum Gasteiger partial charge on any atom is 0.305 e. The van der Waals surface area contributed by atoms with Gasteiger partial charge in [0.25, 0.3) is 11.8 Å². The molecule has 1 aliphatic carbocycles. The van der Waals surface area contributed by atoms with Crippen molar-refractivity contribution in [2.75, 3.05) is 76.2 Å². The van der Waals surface area contributed by atoms with E-state index in [4.69, 9.17) is 29.0 Å². The van der Waals surface area contributed by atoms with Gasteiger partial charge in [-0.05, 0) is 98.4 Å². The number of piperidine rings is 1. The second-order valence-corrected chi connectivity index (χ2v) is 14.5. The van der Waals surface area contributed by atoms with Gasteiger partial charge in [-0.25, -0.2) is 4.98 Å². The van der Waals surface area contributed by atoms with Crippen molar-refractivity contribution in [3.8, 4) is 11.3 Å². The summed E-state index contributed by atoms with van der Waals surface area (Å²) in [5.41, 5.74) is 7.25. The van der Waals surface area contributed by atoms with Crippen molar-refractivity contribution in [2.45, 2.75) is 63.8 Å². The summed E-state index contributed by atoms with van der Waals surface area (Å²) in [7, 11) is 0. The van der Waals surface area contributed by atoms with E-state index < -0.39 is 5.97 Å². The molecule has 4 aromatic rings. The van der Waals surface area contributed by atoms with E-state index in [0.717, 1.165) is 80.4 Å². The number of fused-ring (bicyclic) bond motifs is 1. The number of carboxylic acid groups (broad SMARTS) is 1. The fourth-order valence-corrected chi connectivity index (χ4v) is 7.28. The molecule has 308 valence electrons. The van der Waals surface area contributed by atoms with Crippen LogP contribution < -0.4 is 15.5 Å². The molecule has 2 aliphatic rings. The molecule has 58 heavy (non-hydrogen) atoms. The average molecular weight is 794 g/mol. The third kappa shape index (κ3) is 12.9. The number of benzene rings is 3. The lowest BCUT2D eigenvalue weighted by Gasteiger charge is -2.29. The van der Waals surface area contributed by atoms with Crippen molar-refractivity contribution in [1.82, 2.24) is 15.3 Å². The molecule has 3 aromatic carbocycles. The van der Waals surface area contributed by atoms with Gasteiger partial charge < -0.3 is 39.6 Å². The SMILES string of the molecule is O=C(O)CCOCCOCCOCCOCCCc1cccc(C(=O)Nc2ccc(N3CCCCC3)cc2-c2cnc(C(=O)N[C@H]3CCCc4ccccc43)cn2)c1. The number of hydrogen-bond donors (Lipinski definition) is 3. The van der Waals surface area contributed by atoms with Gasteiger partial charge in [0.05, 0.1) is 82.5 Å². The topological polar surface area (TPSA) is 161 Å². The van der Waals surface area contributed by atoms with Gasteiger partial charge in [-0.1, -0.05) is 36.4 Å². The Bertz CT molecular complexity index is 1930. The summed E-state index contributed by atoms with van der Waals surface area (Å²) in [4.78, 5) is 49.1. The number of aryl methyl sites for hydroxylation is 2. The zero-order valence-corrected chi connectivity index (χ0v) is 33.2. The Balaban J connectivity index is 0.997. The van der Waals surface area contributed by atoms with E-state index in [0.29, 0.717) is 63.2 Å². The highest BCUT2D eigenvalue weighted by Crippen LogP contribution is 2.33. The van der Waals surface area contributed by atoms with Gasteiger partial charge in [0, 0.05) is 36.5 Å². The molecule has 1 aromatic heterocycles. The van der Waals surface area contributed by atoms with Gasteiger partial charge >= 0.3 is 5.97 Å². The third-order valence-corrected chi connectivity index (χ3v) is 10.3. The van der Waals surface area contributed by atoms with E-state index in [9.17, 15) is 14.4 Å². The van der Waals surface area contributed by atoms with Crippen LogP contribution in [0.1, 0.15) is 88.5 Å². The Kier molecular flexibility index (Phi) is 16.6. The van der Waals surface area contributed by atoms with Crippen LogP contribution >= 0.6 is 0 Å². The predicted octanol–water partition coefficient (Wildman–Crippen LogP) is 6.67. The molecule has 0 saturated carbocycles. The van der Waals surface area contributed by atoms with E-state index in [2.05, 4.69) is 38.7 Å². The molecule has 0 radical (unpaired) electrons. The number of anilines is 2. The molecule has 2 heterocycles. The van der Waals surface area contributed by atoms with Crippen molar-refractivity contribution in [3.05, 3.63) is 107 Å². The van der Waals surface area contributed by atoms with E-state index in [-0.39, 0.29) is 36.6 Å². The fourth-order valence-electron chi connectivity index (χ4n) is 7.28. The van der Waals surface area contributed by atoms with E-state index in [1.165, 1.54) is 18.2 Å². The molecule has 0 bridgehead atoms. The molecule has 1 saturated heterocycles. The lowest BCUT2D eigenvalue weighted by Crippen LogP contribution is -2.31. The number of ether oxygens (including phenoxy) is 4. The summed E-state index contributed by atoms with van der Waals surface area (Å²) < 4.78 is 21.8. The Morgan fingerprint density at radius 3 is 2.22 bits per heavy atom. The van der Waals surface area contributed by atoms with Crippen LogP contribution in [0.5, 0.6) is 0 Å². The predicted molar refractivity (Wildman–Crippen MR) is 221 cm³/mol. The quantitative estimate of drug-likeness (QED) is 0.0730. The summed E-state index contributed by atoms with van der Waals surface area (Å²) in [6.45, 7) is 5.20. The van der Waals surface area contributed by atoms with Crippen molar-refractivity contribution < 1.29 is 38.4 Å². The van der Waals surface area contributed by atoms with Crippen molar-refractivity contribution >= 4 is 29.2 Å². The first-order valence-corrected chi connectivity index (χ1v) is 20.5. The van der Waals surface area contributed by atoms with Gasteiger partial charge in [-0.3, -0.25) is 19.4 Å². The number of hydrogen-bond acceptors (Lipinski definition) is 10. The standard InChI is InChI=1S/C45H55N5O8/c51-43(52)18-22-56-24-26-58-28-27-57-25-23-55-21-8-10-33-9-6-13-35(29-33)44(53)48-40-17-16-36(50-19-4-1-5-20-50)30-38(40)41-31-47-42(32-46-41)45(54)49-39-15-7-12-34-11-2-3-14-37(34)39/h2-3,6,9,11,13-14,16-17,29-32,39H,1,4-5,7-8,10,12,15,18-28H2,(H,48,53)(H,49,54)(H,51,52)/t39-/m0/s1. The highest BCUT2D eigenvalue weighted by atomic mass is 16.6. The van der Waals surface area contributed by atoms with Crippen LogP contribution in [0.3, 0.4) is 0 Å². The third-order valence-electron chi connectivity index (χ3n) is 10.3. The zero-order valence-electron chi connectivity index (χ0n) is 33.2. The minimum atomic E-state index is -0.882. The van der Waals surface area contributed by atoms with Crippen LogP contribution in [0.25, 0.3) is 11.3 Å². The number of rotatable bonds is 22. The van der Waals surface area contributed by atoms with E-state index >= 15 is 0 Å². The number of nitrogens with one attached hydrogen (secondary N) is 2. The smallest absolute Gasteiger partial charge is 0.305 e. The number of nitrogens with zero attached hydrogens (tertiary/aromatic N) is 3. The second-order valence-electron chi connectivity index (χ2n) is 14.5. The molecule has 2 amide bonds. The maximum atomic E-state index is 13.7. The van der Waals surface area contributed by atoms with Gasteiger partial charge in [-0.2, -0.15) is 0 Å². The van der Waals surface area contributed by atoms with E-state index in [1.807, 2.05) is 48.5 Å². The van der Waals surface area contributed by atoms with Crippen LogP contribution in [0.15, 0.2) is 79.1 Å². The van der Waals surface area contributed by atoms with Crippen LogP contribution in [0.2, 0.25) is 0 Å². The minimum Gasteiger partial charge on any atom is -0.481 e. The molecular formula is C45H55N5O8. The number of aromatic nitrogens is 2. The molecule has 6 rings (SSSR count). The Morgan fingerprint density at radius 1 is 0.741 bits per heavy atom. The maximum absolute atomic E-state index is 13.7. The van der Waals surface area contributed by atoms with Gasteiger partial charge in [-0.15, -0.1) is 0 Å². The summed E-state index contributed by atoms with van der Waals surface area (Å²) in [6, 6.07) is 21.9. The molecule has 0 spiro atoms. The highest BCUT2D eigenvalue weighted by molar-refractivity contribution is 6.06. The number of carbonyl (C=O) groups is 3. The zero-order chi connectivity index (χ0) is 40.4. The lowest BCUT2D eigenvalue weighted by molar-refractivity contribution is -0.138. The molecule has 1 atom stereocenters. The van der Waals surface area contributed by atoms with Crippen molar-refractivity contribution in [1.29, 1.82) is 0 Å². The first-order chi connectivity index (χ1) is 28.4. The summed E-state index contributed by atoms with van der Waals surface area (Å²) in [5.74, 6) is -1.37. The Labute approximate surface area is 340 Å². The number of amides is 2. The Hall–Kier alpha value is -5.21. The number of carboxylic acids is 1. The molecule has 0 unspecified atom stereocenters. The summed E-state index contributed by atoms with van der Waals surface area (Å²) >= 11 is 0. The summed E-state index contributed by atoms with van der Waals surface area (Å²) in [6.07, 6.45) is 11.1. The first kappa shape index (κ1) is 42.4. The summed E-state index contributed by atoms with van der Waals surface area (Å²) in [5, 5.41) is 14.9. The average Bonchev–Trinajstić information content (AvgIpc) is 3.25. The molecular weight excluding hydrogens is 739 g/mol. The monoisotopic (exact) mass is 793 g/mol. The van der Waals surface area contributed by atoms with Gasteiger partial charge in [0.1, 0.15) is 5.69 Å². The van der Waals surface area contributed by atoms with Crippen LogP contribution in [0, 0.1) is 0 Å². The highest BCUT2D eigenvalue weighted by Gasteiger charge is 2.23. The van der Waals surface area contributed by atoms with Crippen molar-refractivity contribution in [2.24, 2.45) is 0 Å². The number of carbonyl (C=O) groups excluding carboxylic acids is 2. The van der Waals surface area contributed by atoms with Crippen molar-refractivity contribution in [3.63, 3.8) is 0 Å². The van der Waals surface area contributed by atoms with Crippen LogP contribution in [-0.2, 0) is 36.6 Å². The van der Waals surface area contributed by atoms with Gasteiger partial charge in [0.15, 0.2) is 0 Å². The molecule has 13 nitrogen and oxygen atoms in total. The molecule has 1 fully saturated rings. The molecule has 13 heteroatoms. The molecule has 3 N–H and O–H groups in total. The Morgan fingerprint density at radius 2 is 1.48 bits per heavy atom. The minimum absolute atomic E-state index is 0.0160. The molecule has 1 aliphatic heterocycles. The van der Waals surface area contributed by atoms with Crippen LogP contribution in [0.4, 0.5) is 11.4 Å². The van der Waals surface area contributed by atoms with Crippen LogP contribution in [-0.4, -0.2) is 98.8 Å². The number of aliphatic carboxylic acids is 1. The second kappa shape index (κ2) is 22.7. The van der Waals surface area contributed by atoms with E-state index in [1.54, 1.807) is 6.20 Å². The first-order valence-electron chi connectivity index (χ1n) is 20.5. The largest absolute Gasteiger partial charge is 0.481 e. The lowest BCUT2D eigenvalue weighted by atomic mass is 9.88. The normalized spacial score (nSPS) is 15.1.